The Labute approximate surface area is 108 Å². The predicted octanol–water partition coefficient (Wildman–Crippen LogP) is 1.58. The third-order valence-corrected chi connectivity index (χ3v) is 3.47. The molecule has 18 heavy (non-hydrogen) atoms. The number of nitrogens with one attached hydrogen (secondary N) is 2. The Morgan fingerprint density at radius 3 is 2.78 bits per heavy atom. The Kier molecular flexibility index (Phi) is 4.59. The minimum Gasteiger partial charge on any atom is -0.337 e. The average molecular weight is 247 g/mol. The molecule has 0 aromatic heterocycles. The van der Waals surface area contributed by atoms with Gasteiger partial charge in [-0.15, -0.1) is 0 Å². The van der Waals surface area contributed by atoms with Crippen LogP contribution in [0.2, 0.25) is 0 Å². The molecule has 0 bridgehead atoms. The Hall–Kier alpha value is -1.55. The highest BCUT2D eigenvalue weighted by molar-refractivity contribution is 5.73. The second-order valence-electron chi connectivity index (χ2n) is 4.83. The van der Waals surface area contributed by atoms with Gasteiger partial charge in [0.05, 0.1) is 0 Å². The predicted molar refractivity (Wildman–Crippen MR) is 72.3 cm³/mol. The van der Waals surface area contributed by atoms with Crippen LogP contribution in [-0.2, 0) is 6.54 Å². The summed E-state index contributed by atoms with van der Waals surface area (Å²) in [6.45, 7) is 2.45. The van der Waals surface area contributed by atoms with E-state index in [1.165, 1.54) is 12.8 Å². The van der Waals surface area contributed by atoms with Gasteiger partial charge in [-0.2, -0.15) is 0 Å². The van der Waals surface area contributed by atoms with Gasteiger partial charge in [0, 0.05) is 19.1 Å². The van der Waals surface area contributed by atoms with Gasteiger partial charge in [0.1, 0.15) is 0 Å². The first-order chi connectivity index (χ1) is 8.75. The van der Waals surface area contributed by atoms with E-state index in [1.54, 1.807) is 0 Å². The normalized spacial score (nSPS) is 19.7. The lowest BCUT2D eigenvalue weighted by Crippen LogP contribution is -2.42. The smallest absolute Gasteiger partial charge is 0.315 e. The standard InChI is InChI=1S/C14H21N3O/c1-17-9-5-8-13(17)11-16-14(18)15-10-12-6-3-2-4-7-12/h2-4,6-7,13H,5,8-11H2,1H3,(H2,15,16,18). The number of carbonyl (C=O) groups is 1. The van der Waals surface area contributed by atoms with Gasteiger partial charge in [0.2, 0.25) is 0 Å². The third-order valence-electron chi connectivity index (χ3n) is 3.47. The molecule has 2 rings (SSSR count). The van der Waals surface area contributed by atoms with Gasteiger partial charge >= 0.3 is 6.03 Å². The van der Waals surface area contributed by atoms with Crippen molar-refractivity contribution in [2.24, 2.45) is 0 Å². The molecule has 1 fully saturated rings. The van der Waals surface area contributed by atoms with E-state index < -0.39 is 0 Å². The SMILES string of the molecule is CN1CCCC1CNC(=O)NCc1ccccc1. The van der Waals surface area contributed by atoms with Crippen molar-refractivity contribution >= 4 is 6.03 Å². The van der Waals surface area contributed by atoms with Crippen molar-refractivity contribution in [1.82, 2.24) is 15.5 Å². The van der Waals surface area contributed by atoms with Crippen molar-refractivity contribution in [1.29, 1.82) is 0 Å². The molecule has 1 heterocycles. The Bertz CT molecular complexity index is 380. The number of likely N-dealkylation sites (N-methyl/N-ethyl adjacent to an activating group) is 1. The summed E-state index contributed by atoms with van der Waals surface area (Å²) in [4.78, 5) is 13.9. The average Bonchev–Trinajstić information content (AvgIpc) is 2.81. The Morgan fingerprint density at radius 1 is 1.33 bits per heavy atom. The zero-order chi connectivity index (χ0) is 12.8. The third kappa shape index (κ3) is 3.74. The number of likely N-dealkylation sites (tertiary alicyclic amines) is 1. The number of carbonyl (C=O) groups excluding carboxylic acids is 1. The molecular formula is C14H21N3O. The molecule has 0 spiro atoms. The monoisotopic (exact) mass is 247 g/mol. The van der Waals surface area contributed by atoms with Crippen LogP contribution >= 0.6 is 0 Å². The maximum Gasteiger partial charge on any atom is 0.315 e. The summed E-state index contributed by atoms with van der Waals surface area (Å²) in [5.74, 6) is 0. The zero-order valence-electron chi connectivity index (χ0n) is 10.9. The van der Waals surface area contributed by atoms with Crippen LogP contribution in [-0.4, -0.2) is 37.1 Å². The lowest BCUT2D eigenvalue weighted by molar-refractivity contribution is 0.234. The van der Waals surface area contributed by atoms with Crippen LogP contribution in [0.4, 0.5) is 4.79 Å². The van der Waals surface area contributed by atoms with Crippen molar-refractivity contribution in [3.8, 4) is 0 Å². The van der Waals surface area contributed by atoms with Gasteiger partial charge in [-0.1, -0.05) is 30.3 Å². The molecule has 1 saturated heterocycles. The molecule has 1 aliphatic rings. The second kappa shape index (κ2) is 6.40. The summed E-state index contributed by atoms with van der Waals surface area (Å²) in [5.41, 5.74) is 1.12. The molecule has 0 saturated carbocycles. The van der Waals surface area contributed by atoms with Crippen molar-refractivity contribution in [2.75, 3.05) is 20.1 Å². The maximum atomic E-state index is 11.6. The first kappa shape index (κ1) is 12.9. The van der Waals surface area contributed by atoms with Crippen LogP contribution < -0.4 is 10.6 Å². The van der Waals surface area contributed by atoms with E-state index in [4.69, 9.17) is 0 Å². The van der Waals surface area contributed by atoms with Crippen LogP contribution in [0, 0.1) is 0 Å². The number of rotatable bonds is 4. The molecular weight excluding hydrogens is 226 g/mol. The van der Waals surface area contributed by atoms with Crippen molar-refractivity contribution in [3.05, 3.63) is 35.9 Å². The highest BCUT2D eigenvalue weighted by atomic mass is 16.2. The van der Waals surface area contributed by atoms with Crippen molar-refractivity contribution in [3.63, 3.8) is 0 Å². The fourth-order valence-corrected chi connectivity index (χ4v) is 2.29. The second-order valence-corrected chi connectivity index (χ2v) is 4.83. The largest absolute Gasteiger partial charge is 0.337 e. The molecule has 2 amide bonds. The van der Waals surface area contributed by atoms with Crippen LogP contribution in [0.3, 0.4) is 0 Å². The van der Waals surface area contributed by atoms with Gasteiger partial charge in [-0.3, -0.25) is 0 Å². The lowest BCUT2D eigenvalue weighted by Gasteiger charge is -2.19. The van der Waals surface area contributed by atoms with Gasteiger partial charge in [0.25, 0.3) is 0 Å². The van der Waals surface area contributed by atoms with Crippen LogP contribution in [0.25, 0.3) is 0 Å². The summed E-state index contributed by atoms with van der Waals surface area (Å²) < 4.78 is 0. The van der Waals surface area contributed by atoms with E-state index in [9.17, 15) is 4.79 Å². The molecule has 4 heteroatoms. The highest BCUT2D eigenvalue weighted by Crippen LogP contribution is 2.13. The molecule has 1 atom stereocenters. The number of nitrogens with zero attached hydrogens (tertiary/aromatic N) is 1. The fourth-order valence-electron chi connectivity index (χ4n) is 2.29. The lowest BCUT2D eigenvalue weighted by atomic mass is 10.2. The summed E-state index contributed by atoms with van der Waals surface area (Å²) in [6, 6.07) is 10.3. The molecule has 0 aliphatic carbocycles. The molecule has 4 nitrogen and oxygen atoms in total. The molecule has 0 radical (unpaired) electrons. The number of hydrogen-bond donors (Lipinski definition) is 2. The minimum atomic E-state index is -0.0841. The van der Waals surface area contributed by atoms with E-state index in [0.29, 0.717) is 12.6 Å². The summed E-state index contributed by atoms with van der Waals surface area (Å²) in [5, 5.41) is 5.80. The number of hydrogen-bond acceptors (Lipinski definition) is 2. The Morgan fingerprint density at radius 2 is 2.11 bits per heavy atom. The van der Waals surface area contributed by atoms with Crippen LogP contribution in [0.15, 0.2) is 30.3 Å². The highest BCUT2D eigenvalue weighted by Gasteiger charge is 2.20. The van der Waals surface area contributed by atoms with E-state index in [2.05, 4.69) is 22.6 Å². The van der Waals surface area contributed by atoms with E-state index in [1.807, 2.05) is 30.3 Å². The molecule has 1 aliphatic heterocycles. The zero-order valence-corrected chi connectivity index (χ0v) is 10.9. The van der Waals surface area contributed by atoms with Crippen LogP contribution in [0.1, 0.15) is 18.4 Å². The molecule has 2 N–H and O–H groups in total. The first-order valence-corrected chi connectivity index (χ1v) is 6.51. The Balaban J connectivity index is 1.66. The van der Waals surface area contributed by atoms with Crippen molar-refractivity contribution < 1.29 is 4.79 Å². The summed E-state index contributed by atoms with van der Waals surface area (Å²) >= 11 is 0. The fraction of sp³-hybridized carbons (Fsp3) is 0.500. The van der Waals surface area contributed by atoms with E-state index >= 15 is 0 Å². The van der Waals surface area contributed by atoms with Gasteiger partial charge in [-0.05, 0) is 32.0 Å². The quantitative estimate of drug-likeness (QED) is 0.848. The molecule has 98 valence electrons. The number of urea groups is 1. The minimum absolute atomic E-state index is 0.0841. The van der Waals surface area contributed by atoms with Gasteiger partial charge in [-0.25, -0.2) is 4.79 Å². The summed E-state index contributed by atoms with van der Waals surface area (Å²) in [6.07, 6.45) is 2.41. The van der Waals surface area contributed by atoms with E-state index in [0.717, 1.165) is 18.7 Å². The van der Waals surface area contributed by atoms with Gasteiger partial charge in [0.15, 0.2) is 0 Å². The molecule has 1 unspecified atom stereocenters. The van der Waals surface area contributed by atoms with Gasteiger partial charge < -0.3 is 15.5 Å². The van der Waals surface area contributed by atoms with E-state index in [-0.39, 0.29) is 6.03 Å². The van der Waals surface area contributed by atoms with Crippen molar-refractivity contribution in [2.45, 2.75) is 25.4 Å². The first-order valence-electron chi connectivity index (χ1n) is 6.51. The summed E-state index contributed by atoms with van der Waals surface area (Å²) in [7, 11) is 2.11. The van der Waals surface area contributed by atoms with Crippen LogP contribution in [0.5, 0.6) is 0 Å². The number of benzene rings is 1. The topological polar surface area (TPSA) is 44.4 Å². The number of amides is 2. The maximum absolute atomic E-state index is 11.6. The molecule has 1 aromatic carbocycles. The molecule has 1 aromatic rings.